The van der Waals surface area contributed by atoms with Gasteiger partial charge in [0.2, 0.25) is 9.84 Å². The lowest BCUT2D eigenvalue weighted by molar-refractivity contribution is -0.0691. The van der Waals surface area contributed by atoms with Gasteiger partial charge in [-0.2, -0.15) is 13.2 Å². The van der Waals surface area contributed by atoms with E-state index in [0.717, 1.165) is 19.1 Å². The number of sulfone groups is 1. The second-order valence-electron chi connectivity index (χ2n) is 4.75. The fraction of sp³-hybridized carbons (Fsp3) is 0.125. The van der Waals surface area contributed by atoms with Crippen LogP contribution in [-0.4, -0.2) is 14.6 Å². The van der Waals surface area contributed by atoms with E-state index in [-0.39, 0.29) is 15.5 Å². The Bertz CT molecular complexity index is 824. The Hall–Kier alpha value is -1.79. The Balaban J connectivity index is 2.71. The SMILES string of the molecule is C/C(=C(\c1ccc(Cl)cc1)C(F)(F)F)S(=O)(=O)c1ccccc1. The van der Waals surface area contributed by atoms with Crippen molar-refractivity contribution in [3.8, 4) is 0 Å². The summed E-state index contributed by atoms with van der Waals surface area (Å²) in [4.78, 5) is -0.938. The van der Waals surface area contributed by atoms with Gasteiger partial charge in [0, 0.05) is 5.02 Å². The van der Waals surface area contributed by atoms with E-state index in [0.29, 0.717) is 0 Å². The molecule has 0 bridgehead atoms. The maximum Gasteiger partial charge on any atom is 0.417 e. The highest BCUT2D eigenvalue weighted by Gasteiger charge is 2.39. The zero-order valence-corrected chi connectivity index (χ0v) is 13.5. The Morgan fingerprint density at radius 3 is 1.96 bits per heavy atom. The standard InChI is InChI=1S/C16H12ClF3O2S/c1-11(23(21,22)14-5-3-2-4-6-14)15(16(18,19)20)12-7-9-13(17)10-8-12/h2-10H,1H3/b15-11-. The van der Waals surface area contributed by atoms with Gasteiger partial charge < -0.3 is 0 Å². The molecule has 0 saturated heterocycles. The number of allylic oxidation sites excluding steroid dienone is 2. The first-order valence-electron chi connectivity index (χ1n) is 6.48. The van der Waals surface area contributed by atoms with Crippen LogP contribution in [0.3, 0.4) is 0 Å². The maximum atomic E-state index is 13.4. The molecule has 0 aliphatic heterocycles. The number of hydrogen-bond acceptors (Lipinski definition) is 2. The molecule has 2 aromatic rings. The van der Waals surface area contributed by atoms with Crippen LogP contribution in [0.2, 0.25) is 5.02 Å². The van der Waals surface area contributed by atoms with E-state index < -0.39 is 26.5 Å². The molecule has 0 aliphatic carbocycles. The van der Waals surface area contributed by atoms with Crippen molar-refractivity contribution < 1.29 is 21.6 Å². The van der Waals surface area contributed by atoms with Crippen molar-refractivity contribution in [2.24, 2.45) is 0 Å². The summed E-state index contributed by atoms with van der Waals surface area (Å²) in [5.74, 6) is 0. The van der Waals surface area contributed by atoms with E-state index in [1.807, 2.05) is 0 Å². The van der Waals surface area contributed by atoms with Gasteiger partial charge >= 0.3 is 6.18 Å². The molecule has 7 heteroatoms. The van der Waals surface area contributed by atoms with E-state index in [9.17, 15) is 21.6 Å². The molecule has 0 aromatic heterocycles. The summed E-state index contributed by atoms with van der Waals surface area (Å²) in [6.45, 7) is 0.958. The molecule has 0 heterocycles. The summed E-state index contributed by atoms with van der Waals surface area (Å²) in [6.07, 6.45) is -4.82. The first-order valence-corrected chi connectivity index (χ1v) is 8.34. The summed E-state index contributed by atoms with van der Waals surface area (Å²) in [6, 6.07) is 11.9. The first-order chi connectivity index (χ1) is 10.6. The van der Waals surface area contributed by atoms with E-state index in [4.69, 9.17) is 11.6 Å². The fourth-order valence-corrected chi connectivity index (χ4v) is 3.59. The van der Waals surface area contributed by atoms with Crippen LogP contribution < -0.4 is 0 Å². The van der Waals surface area contributed by atoms with Gasteiger partial charge in [0.15, 0.2) is 0 Å². The molecule has 0 fully saturated rings. The third-order valence-electron chi connectivity index (χ3n) is 3.23. The van der Waals surface area contributed by atoms with Crippen molar-refractivity contribution in [3.05, 3.63) is 70.1 Å². The fourth-order valence-electron chi connectivity index (χ4n) is 2.09. The molecule has 0 unspecified atom stereocenters. The van der Waals surface area contributed by atoms with Gasteiger partial charge in [-0.15, -0.1) is 0 Å². The molecule has 0 spiro atoms. The average Bonchev–Trinajstić information content (AvgIpc) is 2.49. The highest BCUT2D eigenvalue weighted by molar-refractivity contribution is 7.95. The van der Waals surface area contributed by atoms with Crippen LogP contribution >= 0.6 is 11.6 Å². The van der Waals surface area contributed by atoms with Crippen molar-refractivity contribution in [2.75, 3.05) is 0 Å². The summed E-state index contributed by atoms with van der Waals surface area (Å²) < 4.78 is 65.3. The van der Waals surface area contributed by atoms with E-state index >= 15 is 0 Å². The average molecular weight is 361 g/mol. The minimum Gasteiger partial charge on any atom is -0.219 e. The van der Waals surface area contributed by atoms with E-state index in [1.165, 1.54) is 36.4 Å². The number of benzene rings is 2. The third kappa shape index (κ3) is 3.76. The summed E-state index contributed by atoms with van der Waals surface area (Å²) in [7, 11) is -4.25. The Kier molecular flexibility index (Phi) is 4.87. The van der Waals surface area contributed by atoms with Crippen molar-refractivity contribution >= 4 is 27.0 Å². The Labute approximate surface area is 137 Å². The molecule has 23 heavy (non-hydrogen) atoms. The minimum atomic E-state index is -4.82. The molecule has 122 valence electrons. The van der Waals surface area contributed by atoms with Crippen molar-refractivity contribution in [3.63, 3.8) is 0 Å². The maximum absolute atomic E-state index is 13.4. The van der Waals surface area contributed by atoms with Gasteiger partial charge in [-0.1, -0.05) is 41.9 Å². The molecule has 2 rings (SSSR count). The number of halogens is 4. The normalized spacial score (nSPS) is 13.6. The summed E-state index contributed by atoms with van der Waals surface area (Å²) >= 11 is 5.68. The zero-order valence-electron chi connectivity index (χ0n) is 11.9. The van der Waals surface area contributed by atoms with Crippen LogP contribution in [0.15, 0.2) is 64.4 Å². The Morgan fingerprint density at radius 1 is 0.957 bits per heavy atom. The number of alkyl halides is 3. The van der Waals surface area contributed by atoms with Crippen LogP contribution in [0.1, 0.15) is 12.5 Å². The summed E-state index contributed by atoms with van der Waals surface area (Å²) in [5, 5.41) is 0.263. The lowest BCUT2D eigenvalue weighted by Gasteiger charge is -2.16. The van der Waals surface area contributed by atoms with Crippen molar-refractivity contribution in [1.29, 1.82) is 0 Å². The molecular weight excluding hydrogens is 349 g/mol. The quantitative estimate of drug-likeness (QED) is 0.762. The molecular formula is C16H12ClF3O2S. The van der Waals surface area contributed by atoms with Crippen LogP contribution in [0.5, 0.6) is 0 Å². The number of hydrogen-bond donors (Lipinski definition) is 0. The van der Waals surface area contributed by atoms with Crippen LogP contribution in [0.25, 0.3) is 5.57 Å². The highest BCUT2D eigenvalue weighted by Crippen LogP contribution is 2.39. The Morgan fingerprint density at radius 2 is 1.48 bits per heavy atom. The molecule has 2 nitrogen and oxygen atoms in total. The largest absolute Gasteiger partial charge is 0.417 e. The van der Waals surface area contributed by atoms with Gasteiger partial charge in [-0.25, -0.2) is 8.42 Å². The highest BCUT2D eigenvalue weighted by atomic mass is 35.5. The van der Waals surface area contributed by atoms with E-state index in [2.05, 4.69) is 0 Å². The van der Waals surface area contributed by atoms with Gasteiger partial charge in [-0.3, -0.25) is 0 Å². The molecule has 0 radical (unpaired) electrons. The molecule has 0 saturated carbocycles. The van der Waals surface area contributed by atoms with Crippen LogP contribution in [0.4, 0.5) is 13.2 Å². The van der Waals surface area contributed by atoms with Crippen molar-refractivity contribution in [2.45, 2.75) is 18.0 Å². The second kappa shape index (κ2) is 6.37. The zero-order chi connectivity index (χ0) is 17.3. The summed E-state index contributed by atoms with van der Waals surface area (Å²) in [5.41, 5.74) is -1.45. The molecule has 0 amide bonds. The van der Waals surface area contributed by atoms with Crippen LogP contribution in [0, 0.1) is 0 Å². The lowest BCUT2D eigenvalue weighted by Crippen LogP contribution is -2.16. The third-order valence-corrected chi connectivity index (χ3v) is 5.38. The van der Waals surface area contributed by atoms with Gasteiger partial charge in [-0.05, 0) is 36.8 Å². The molecule has 0 N–H and O–H groups in total. The first kappa shape index (κ1) is 17.6. The second-order valence-corrected chi connectivity index (χ2v) is 7.28. The van der Waals surface area contributed by atoms with Crippen LogP contribution in [-0.2, 0) is 9.84 Å². The topological polar surface area (TPSA) is 34.1 Å². The smallest absolute Gasteiger partial charge is 0.219 e. The van der Waals surface area contributed by atoms with Crippen molar-refractivity contribution in [1.82, 2.24) is 0 Å². The van der Waals surface area contributed by atoms with Gasteiger partial charge in [0.1, 0.15) is 0 Å². The van der Waals surface area contributed by atoms with E-state index in [1.54, 1.807) is 6.07 Å². The van der Waals surface area contributed by atoms with Gasteiger partial charge in [0.25, 0.3) is 0 Å². The minimum absolute atomic E-state index is 0.187. The predicted octanol–water partition coefficient (Wildman–Crippen LogP) is 5.11. The lowest BCUT2D eigenvalue weighted by atomic mass is 10.1. The molecule has 0 aliphatic rings. The van der Waals surface area contributed by atoms with Gasteiger partial charge in [0.05, 0.1) is 15.4 Å². The predicted molar refractivity (Wildman–Crippen MR) is 83.7 cm³/mol. The molecule has 2 aromatic carbocycles. The molecule has 0 atom stereocenters. The monoisotopic (exact) mass is 360 g/mol. The number of rotatable bonds is 3.